The van der Waals surface area contributed by atoms with Crippen LogP contribution in [0.15, 0.2) is 30.5 Å². The van der Waals surface area contributed by atoms with Crippen LogP contribution >= 0.6 is 0 Å². The number of aryl methyl sites for hydroxylation is 2. The third kappa shape index (κ3) is 2.70. The summed E-state index contributed by atoms with van der Waals surface area (Å²) in [5.74, 6) is 0. The molecule has 5 nitrogen and oxygen atoms in total. The maximum atomic E-state index is 12.5. The Hall–Kier alpha value is -2.79. The number of rotatable bonds is 3. The molecule has 0 aliphatic carbocycles. The molecule has 27 heavy (non-hydrogen) atoms. The molecule has 3 aromatic rings. The van der Waals surface area contributed by atoms with Gasteiger partial charge in [-0.1, -0.05) is 18.2 Å². The molecular weight excluding hydrogens is 338 g/mol. The van der Waals surface area contributed by atoms with E-state index in [2.05, 4.69) is 48.0 Å². The molecule has 1 amide bonds. The Morgan fingerprint density at radius 3 is 2.81 bits per heavy atom. The number of hydrogen-bond acceptors (Lipinski definition) is 3. The summed E-state index contributed by atoms with van der Waals surface area (Å²) in [6.45, 7) is 8.38. The van der Waals surface area contributed by atoms with Gasteiger partial charge < -0.3 is 9.72 Å². The minimum absolute atomic E-state index is 0.269. The number of nitrogens with one attached hydrogen (secondary N) is 1. The highest BCUT2D eigenvalue weighted by Crippen LogP contribution is 2.37. The Balaban J connectivity index is 1.51. The lowest BCUT2D eigenvalue weighted by Crippen LogP contribution is -2.30. The predicted octanol–water partition coefficient (Wildman–Crippen LogP) is 4.18. The summed E-state index contributed by atoms with van der Waals surface area (Å²) in [6, 6.07) is 8.40. The second-order valence-electron chi connectivity index (χ2n) is 7.46. The molecular formula is C22H23N3O2. The van der Waals surface area contributed by atoms with E-state index in [9.17, 15) is 4.79 Å². The molecule has 2 aromatic carbocycles. The van der Waals surface area contributed by atoms with Crippen LogP contribution in [0.25, 0.3) is 27.9 Å². The first-order valence-electron chi connectivity index (χ1n) is 9.50. The van der Waals surface area contributed by atoms with Crippen molar-refractivity contribution >= 4 is 34.0 Å². The molecule has 2 aliphatic rings. The predicted molar refractivity (Wildman–Crippen MR) is 108 cm³/mol. The molecule has 1 N–H and O–H groups in total. The lowest BCUT2D eigenvalue weighted by atomic mass is 9.91. The SMILES string of the molecule is Cc1c2c(c(C)c3c1[nH]c1ccccc13)CN(C(=O)OCCN1CC1)C=C2. The van der Waals surface area contributed by atoms with E-state index in [1.165, 1.54) is 38.5 Å². The van der Waals surface area contributed by atoms with E-state index in [0.29, 0.717) is 13.2 Å². The number of carbonyl (C=O) groups is 1. The molecule has 0 spiro atoms. The molecule has 1 fully saturated rings. The lowest BCUT2D eigenvalue weighted by Gasteiger charge is -2.26. The standard InChI is InChI=1S/C22H23N3O2/c1-14-18-13-25(22(26)27-12-11-24-9-10-24)8-7-16(18)15(2)21-20(14)17-5-3-4-6-19(17)23-21/h3-8,23H,9-13H2,1-2H3. The monoisotopic (exact) mass is 361 g/mol. The molecule has 138 valence electrons. The van der Waals surface area contributed by atoms with Crippen LogP contribution in [0.4, 0.5) is 4.79 Å². The van der Waals surface area contributed by atoms with Crippen molar-refractivity contribution in [1.29, 1.82) is 0 Å². The van der Waals surface area contributed by atoms with Crippen molar-refractivity contribution < 1.29 is 9.53 Å². The van der Waals surface area contributed by atoms with Gasteiger partial charge in [-0.05, 0) is 48.2 Å². The fourth-order valence-corrected chi connectivity index (χ4v) is 4.11. The summed E-state index contributed by atoms with van der Waals surface area (Å²) in [5.41, 5.74) is 7.21. The molecule has 3 heterocycles. The Bertz CT molecular complexity index is 1090. The highest BCUT2D eigenvalue weighted by atomic mass is 16.6. The topological polar surface area (TPSA) is 48.3 Å². The molecule has 0 unspecified atom stereocenters. The van der Waals surface area contributed by atoms with Crippen LogP contribution in [-0.4, -0.2) is 47.1 Å². The maximum Gasteiger partial charge on any atom is 0.414 e. The first-order valence-corrected chi connectivity index (χ1v) is 9.50. The maximum absolute atomic E-state index is 12.5. The van der Waals surface area contributed by atoms with Crippen molar-refractivity contribution in [2.24, 2.45) is 0 Å². The summed E-state index contributed by atoms with van der Waals surface area (Å²) in [7, 11) is 0. The van der Waals surface area contributed by atoms with Gasteiger partial charge in [0.2, 0.25) is 0 Å². The van der Waals surface area contributed by atoms with E-state index in [0.717, 1.165) is 25.2 Å². The minimum Gasteiger partial charge on any atom is -0.448 e. The quantitative estimate of drug-likeness (QED) is 0.712. The van der Waals surface area contributed by atoms with Crippen LogP contribution < -0.4 is 0 Å². The minimum atomic E-state index is -0.269. The van der Waals surface area contributed by atoms with Gasteiger partial charge in [0.15, 0.2) is 0 Å². The van der Waals surface area contributed by atoms with Gasteiger partial charge in [-0.25, -0.2) is 4.79 Å². The van der Waals surface area contributed by atoms with Crippen molar-refractivity contribution in [2.45, 2.75) is 20.4 Å². The number of aromatic amines is 1. The molecule has 2 aliphatic heterocycles. The van der Waals surface area contributed by atoms with E-state index < -0.39 is 0 Å². The van der Waals surface area contributed by atoms with Crippen molar-refractivity contribution in [3.63, 3.8) is 0 Å². The zero-order valence-electron chi connectivity index (χ0n) is 15.7. The number of benzene rings is 2. The zero-order valence-corrected chi connectivity index (χ0v) is 15.7. The first kappa shape index (κ1) is 16.4. The Labute approximate surface area is 158 Å². The van der Waals surface area contributed by atoms with Crippen molar-refractivity contribution in [2.75, 3.05) is 26.2 Å². The summed E-state index contributed by atoms with van der Waals surface area (Å²) < 4.78 is 5.45. The normalized spacial score (nSPS) is 16.1. The van der Waals surface area contributed by atoms with Gasteiger partial charge >= 0.3 is 6.09 Å². The van der Waals surface area contributed by atoms with Crippen molar-refractivity contribution in [1.82, 2.24) is 14.8 Å². The van der Waals surface area contributed by atoms with Crippen LogP contribution in [0.3, 0.4) is 0 Å². The molecule has 5 rings (SSSR count). The summed E-state index contributed by atoms with van der Waals surface area (Å²) in [6.07, 6.45) is 3.62. The van der Waals surface area contributed by atoms with Crippen LogP contribution in [0.2, 0.25) is 0 Å². The third-order valence-electron chi connectivity index (χ3n) is 5.79. The average molecular weight is 361 g/mol. The lowest BCUT2D eigenvalue weighted by molar-refractivity contribution is 0.112. The second kappa shape index (κ2) is 6.13. The number of carbonyl (C=O) groups excluding carboxylic acids is 1. The number of ether oxygens (including phenoxy) is 1. The summed E-state index contributed by atoms with van der Waals surface area (Å²) in [4.78, 5) is 20.0. The van der Waals surface area contributed by atoms with Gasteiger partial charge in [-0.15, -0.1) is 0 Å². The number of H-pyrrole nitrogens is 1. The summed E-state index contributed by atoms with van der Waals surface area (Å²) >= 11 is 0. The van der Waals surface area contributed by atoms with Crippen LogP contribution in [-0.2, 0) is 11.3 Å². The Kier molecular flexibility index (Phi) is 3.72. The zero-order chi connectivity index (χ0) is 18.5. The van der Waals surface area contributed by atoms with E-state index in [1.54, 1.807) is 4.90 Å². The van der Waals surface area contributed by atoms with Gasteiger partial charge in [0.25, 0.3) is 0 Å². The Morgan fingerprint density at radius 2 is 2.00 bits per heavy atom. The van der Waals surface area contributed by atoms with E-state index >= 15 is 0 Å². The highest BCUT2D eigenvalue weighted by Gasteiger charge is 2.24. The molecule has 0 radical (unpaired) electrons. The number of fused-ring (bicyclic) bond motifs is 4. The van der Waals surface area contributed by atoms with E-state index in [-0.39, 0.29) is 6.09 Å². The van der Waals surface area contributed by atoms with E-state index in [1.807, 2.05) is 12.3 Å². The molecule has 0 atom stereocenters. The summed E-state index contributed by atoms with van der Waals surface area (Å²) in [5, 5.41) is 2.49. The fraction of sp³-hybridized carbons (Fsp3) is 0.318. The largest absolute Gasteiger partial charge is 0.448 e. The molecule has 0 bridgehead atoms. The van der Waals surface area contributed by atoms with Gasteiger partial charge in [-0.3, -0.25) is 9.80 Å². The number of nitrogens with zero attached hydrogens (tertiary/aromatic N) is 2. The Morgan fingerprint density at radius 1 is 1.19 bits per heavy atom. The first-order chi connectivity index (χ1) is 13.1. The second-order valence-corrected chi connectivity index (χ2v) is 7.46. The van der Waals surface area contributed by atoms with Gasteiger partial charge in [0, 0.05) is 42.1 Å². The third-order valence-corrected chi connectivity index (χ3v) is 5.79. The van der Waals surface area contributed by atoms with Crippen molar-refractivity contribution in [3.05, 3.63) is 52.7 Å². The van der Waals surface area contributed by atoms with Gasteiger partial charge in [-0.2, -0.15) is 0 Å². The van der Waals surface area contributed by atoms with Gasteiger partial charge in [0.05, 0.1) is 12.1 Å². The highest BCUT2D eigenvalue weighted by molar-refractivity contribution is 6.11. The van der Waals surface area contributed by atoms with Gasteiger partial charge in [0.1, 0.15) is 6.61 Å². The number of para-hydroxylation sites is 1. The molecule has 1 aromatic heterocycles. The number of aromatic nitrogens is 1. The van der Waals surface area contributed by atoms with Crippen LogP contribution in [0.5, 0.6) is 0 Å². The average Bonchev–Trinajstić information content (AvgIpc) is 3.42. The van der Waals surface area contributed by atoms with Crippen LogP contribution in [0, 0.1) is 13.8 Å². The van der Waals surface area contributed by atoms with E-state index in [4.69, 9.17) is 4.74 Å². The molecule has 1 saturated heterocycles. The fourth-order valence-electron chi connectivity index (χ4n) is 4.11. The van der Waals surface area contributed by atoms with Crippen molar-refractivity contribution in [3.8, 4) is 0 Å². The van der Waals surface area contributed by atoms with Crippen LogP contribution in [0.1, 0.15) is 22.3 Å². The molecule has 0 saturated carbocycles. The number of hydrogen-bond donors (Lipinski definition) is 1. The number of amides is 1. The smallest absolute Gasteiger partial charge is 0.414 e. The molecule has 5 heteroatoms.